The third kappa shape index (κ3) is 3.80. The van der Waals surface area contributed by atoms with Crippen molar-refractivity contribution >= 4 is 17.5 Å². The monoisotopic (exact) mass is 321 g/mol. The van der Waals surface area contributed by atoms with Gasteiger partial charge in [0.05, 0.1) is 5.92 Å². The predicted molar refractivity (Wildman–Crippen MR) is 89.0 cm³/mol. The second-order valence-electron chi connectivity index (χ2n) is 6.22. The highest BCUT2D eigenvalue weighted by Gasteiger charge is 2.27. The fourth-order valence-electron chi connectivity index (χ4n) is 3.40. The van der Waals surface area contributed by atoms with Gasteiger partial charge in [0.1, 0.15) is 0 Å². The zero-order chi connectivity index (χ0) is 15.4. The molecule has 2 aliphatic rings. The Labute approximate surface area is 137 Å². The molecular formula is C17H24ClN3O. The molecule has 1 aromatic carbocycles. The van der Waals surface area contributed by atoms with E-state index < -0.39 is 0 Å². The topological polar surface area (TPSA) is 44.4 Å². The van der Waals surface area contributed by atoms with E-state index in [1.54, 1.807) is 0 Å². The summed E-state index contributed by atoms with van der Waals surface area (Å²) in [7, 11) is 0. The van der Waals surface area contributed by atoms with E-state index >= 15 is 0 Å². The van der Waals surface area contributed by atoms with Crippen LogP contribution in [0.15, 0.2) is 24.3 Å². The van der Waals surface area contributed by atoms with Crippen LogP contribution in [0.25, 0.3) is 0 Å². The maximum Gasteiger partial charge on any atom is 0.227 e. The van der Waals surface area contributed by atoms with E-state index in [0.717, 1.165) is 57.0 Å². The average Bonchev–Trinajstić information content (AvgIpc) is 3.02. The summed E-state index contributed by atoms with van der Waals surface area (Å²) < 4.78 is 0. The standard InChI is InChI=1S/C17H24ClN3O/c18-15-5-3-13(4-6-15)16-2-1-10-21(11-9-20-16)17(22)14-7-8-19-12-14/h3-6,14,16,19-20H,1-2,7-12H2. The molecule has 4 nitrogen and oxygen atoms in total. The van der Waals surface area contributed by atoms with E-state index in [1.807, 2.05) is 17.0 Å². The third-order valence-electron chi connectivity index (χ3n) is 4.69. The first-order valence-corrected chi connectivity index (χ1v) is 8.60. The van der Waals surface area contributed by atoms with E-state index in [9.17, 15) is 4.79 Å². The Bertz CT molecular complexity index is 489. The number of nitrogens with one attached hydrogen (secondary N) is 2. The van der Waals surface area contributed by atoms with Gasteiger partial charge >= 0.3 is 0 Å². The van der Waals surface area contributed by atoms with Gasteiger partial charge in [0.2, 0.25) is 5.91 Å². The Morgan fingerprint density at radius 3 is 2.68 bits per heavy atom. The van der Waals surface area contributed by atoms with Gasteiger partial charge in [-0.1, -0.05) is 23.7 Å². The summed E-state index contributed by atoms with van der Waals surface area (Å²) in [5, 5.41) is 7.63. The summed E-state index contributed by atoms with van der Waals surface area (Å²) in [5.41, 5.74) is 1.28. The van der Waals surface area contributed by atoms with Crippen LogP contribution in [0.1, 0.15) is 30.9 Å². The van der Waals surface area contributed by atoms with E-state index in [0.29, 0.717) is 11.9 Å². The normalized spacial score (nSPS) is 26.5. The molecule has 2 N–H and O–H groups in total. The summed E-state index contributed by atoms with van der Waals surface area (Å²) in [4.78, 5) is 14.5. The molecule has 5 heteroatoms. The van der Waals surface area contributed by atoms with Crippen molar-refractivity contribution in [1.29, 1.82) is 0 Å². The van der Waals surface area contributed by atoms with Crippen LogP contribution in [-0.2, 0) is 4.79 Å². The van der Waals surface area contributed by atoms with Gasteiger partial charge in [-0.2, -0.15) is 0 Å². The molecule has 0 bridgehead atoms. The van der Waals surface area contributed by atoms with Crippen LogP contribution < -0.4 is 10.6 Å². The Balaban J connectivity index is 1.55. The first kappa shape index (κ1) is 15.8. The van der Waals surface area contributed by atoms with Gasteiger partial charge in [-0.3, -0.25) is 4.79 Å². The Hall–Kier alpha value is -1.10. The zero-order valence-corrected chi connectivity index (χ0v) is 13.6. The summed E-state index contributed by atoms with van der Waals surface area (Å²) in [6, 6.07) is 8.44. The van der Waals surface area contributed by atoms with E-state index in [-0.39, 0.29) is 5.92 Å². The van der Waals surface area contributed by atoms with Crippen LogP contribution >= 0.6 is 11.6 Å². The molecule has 0 aromatic heterocycles. The van der Waals surface area contributed by atoms with Crippen molar-refractivity contribution in [2.24, 2.45) is 5.92 Å². The highest BCUT2D eigenvalue weighted by molar-refractivity contribution is 6.30. The van der Waals surface area contributed by atoms with Crippen molar-refractivity contribution in [3.8, 4) is 0 Å². The molecule has 0 aliphatic carbocycles. The van der Waals surface area contributed by atoms with Crippen LogP contribution in [-0.4, -0.2) is 43.5 Å². The number of hydrogen-bond donors (Lipinski definition) is 2. The second-order valence-corrected chi connectivity index (χ2v) is 6.65. The molecule has 22 heavy (non-hydrogen) atoms. The second kappa shape index (κ2) is 7.44. The number of carbonyl (C=O) groups is 1. The van der Waals surface area contributed by atoms with Crippen LogP contribution in [0.3, 0.4) is 0 Å². The van der Waals surface area contributed by atoms with E-state index in [1.165, 1.54) is 5.56 Å². The van der Waals surface area contributed by atoms with E-state index in [2.05, 4.69) is 22.8 Å². The molecule has 0 saturated carbocycles. The lowest BCUT2D eigenvalue weighted by molar-refractivity contribution is -0.135. The lowest BCUT2D eigenvalue weighted by Gasteiger charge is -2.30. The van der Waals surface area contributed by atoms with Crippen molar-refractivity contribution in [3.05, 3.63) is 34.9 Å². The fourth-order valence-corrected chi connectivity index (χ4v) is 3.52. The summed E-state index contributed by atoms with van der Waals surface area (Å²) in [6.07, 6.45) is 3.07. The summed E-state index contributed by atoms with van der Waals surface area (Å²) >= 11 is 5.96. The number of carbonyl (C=O) groups excluding carboxylic acids is 1. The van der Waals surface area contributed by atoms with Crippen LogP contribution in [0.2, 0.25) is 5.02 Å². The Morgan fingerprint density at radius 2 is 1.95 bits per heavy atom. The van der Waals surface area contributed by atoms with E-state index in [4.69, 9.17) is 11.6 Å². The minimum atomic E-state index is 0.187. The molecule has 2 saturated heterocycles. The van der Waals surface area contributed by atoms with Crippen molar-refractivity contribution in [1.82, 2.24) is 15.5 Å². The maximum atomic E-state index is 12.5. The Morgan fingerprint density at radius 1 is 1.14 bits per heavy atom. The number of nitrogens with zero attached hydrogens (tertiary/aromatic N) is 1. The maximum absolute atomic E-state index is 12.5. The third-order valence-corrected chi connectivity index (χ3v) is 4.94. The van der Waals surface area contributed by atoms with Crippen molar-refractivity contribution in [3.63, 3.8) is 0 Å². The molecule has 2 unspecified atom stereocenters. The lowest BCUT2D eigenvalue weighted by atomic mass is 10.00. The number of halogens is 1. The number of hydrogen-bond acceptors (Lipinski definition) is 3. The van der Waals surface area contributed by atoms with Crippen LogP contribution in [0.4, 0.5) is 0 Å². The van der Waals surface area contributed by atoms with Crippen molar-refractivity contribution < 1.29 is 4.79 Å². The minimum absolute atomic E-state index is 0.187. The predicted octanol–water partition coefficient (Wildman–Crippen LogP) is 2.20. The van der Waals surface area contributed by atoms with Gasteiger partial charge in [-0.25, -0.2) is 0 Å². The molecule has 2 atom stereocenters. The lowest BCUT2D eigenvalue weighted by Crippen LogP contribution is -2.43. The highest BCUT2D eigenvalue weighted by atomic mass is 35.5. The molecule has 0 spiro atoms. The Kier molecular flexibility index (Phi) is 5.34. The largest absolute Gasteiger partial charge is 0.341 e. The zero-order valence-electron chi connectivity index (χ0n) is 12.9. The number of benzene rings is 1. The average molecular weight is 322 g/mol. The molecule has 2 aliphatic heterocycles. The smallest absolute Gasteiger partial charge is 0.227 e. The van der Waals surface area contributed by atoms with Gasteiger partial charge in [0.15, 0.2) is 0 Å². The first-order valence-electron chi connectivity index (χ1n) is 8.22. The molecule has 1 amide bonds. The molecule has 3 rings (SSSR count). The van der Waals surface area contributed by atoms with Crippen LogP contribution in [0, 0.1) is 5.92 Å². The molecule has 2 fully saturated rings. The summed E-state index contributed by atoms with van der Waals surface area (Å²) in [6.45, 7) is 4.34. The number of amides is 1. The fraction of sp³-hybridized carbons (Fsp3) is 0.588. The molecule has 2 heterocycles. The number of rotatable bonds is 2. The highest BCUT2D eigenvalue weighted by Crippen LogP contribution is 2.22. The molecule has 0 radical (unpaired) electrons. The molecular weight excluding hydrogens is 298 g/mol. The summed E-state index contributed by atoms with van der Waals surface area (Å²) in [5.74, 6) is 0.517. The van der Waals surface area contributed by atoms with Gasteiger partial charge < -0.3 is 15.5 Å². The SMILES string of the molecule is O=C(C1CCNC1)N1CCCC(c2ccc(Cl)cc2)NCC1. The molecule has 120 valence electrons. The van der Waals surface area contributed by atoms with Gasteiger partial charge in [-0.15, -0.1) is 0 Å². The molecule has 1 aromatic rings. The van der Waals surface area contributed by atoms with Gasteiger partial charge in [-0.05, 0) is 43.5 Å². The van der Waals surface area contributed by atoms with Gasteiger partial charge in [0, 0.05) is 37.2 Å². The van der Waals surface area contributed by atoms with Crippen molar-refractivity contribution in [2.45, 2.75) is 25.3 Å². The van der Waals surface area contributed by atoms with Crippen molar-refractivity contribution in [2.75, 3.05) is 32.7 Å². The first-order chi connectivity index (χ1) is 10.7. The van der Waals surface area contributed by atoms with Crippen LogP contribution in [0.5, 0.6) is 0 Å². The minimum Gasteiger partial charge on any atom is -0.341 e. The quantitative estimate of drug-likeness (QED) is 0.877. The van der Waals surface area contributed by atoms with Gasteiger partial charge in [0.25, 0.3) is 0 Å².